The van der Waals surface area contributed by atoms with E-state index in [1.54, 1.807) is 4.90 Å². The number of carbonyl (C=O) groups excluding carboxylic acids is 1. The van der Waals surface area contributed by atoms with E-state index in [-0.39, 0.29) is 18.0 Å². The Morgan fingerprint density at radius 2 is 2.19 bits per heavy atom. The molecule has 2 rings (SSSR count). The maximum atomic E-state index is 11.8. The zero-order valence-electron chi connectivity index (χ0n) is 9.19. The second kappa shape index (κ2) is 4.44. The summed E-state index contributed by atoms with van der Waals surface area (Å²) < 4.78 is 0. The normalized spacial score (nSPS) is 22.6. The molecule has 4 heteroatoms. The third-order valence-electron chi connectivity index (χ3n) is 3.10. The summed E-state index contributed by atoms with van der Waals surface area (Å²) in [6.07, 6.45) is 0.730. The van der Waals surface area contributed by atoms with Gasteiger partial charge in [0.05, 0.1) is 12.1 Å². The molecule has 2 atom stereocenters. The van der Waals surface area contributed by atoms with Crippen molar-refractivity contribution < 1.29 is 4.79 Å². The lowest BCUT2D eigenvalue weighted by atomic mass is 10.1. The Morgan fingerprint density at radius 3 is 2.75 bits per heavy atom. The summed E-state index contributed by atoms with van der Waals surface area (Å²) in [5.41, 5.74) is 6.68. The van der Waals surface area contributed by atoms with Crippen molar-refractivity contribution in [3.8, 4) is 0 Å². The van der Waals surface area contributed by atoms with E-state index in [1.165, 1.54) is 0 Å². The fourth-order valence-electron chi connectivity index (χ4n) is 2.09. The molecule has 0 bridgehead atoms. The number of amides is 1. The standard InChI is InChI=1S/C12H15ClN2O/c1-8(9-4-2-3-5-10(9)13)15-7-6-11(14)12(15)16/h2-5,8,11H,6-7,14H2,1H3. The number of rotatable bonds is 2. The molecule has 1 aromatic rings. The second-order valence-corrected chi connectivity index (χ2v) is 4.53. The van der Waals surface area contributed by atoms with Gasteiger partial charge in [-0.15, -0.1) is 0 Å². The number of nitrogens with two attached hydrogens (primary N) is 1. The second-order valence-electron chi connectivity index (χ2n) is 4.12. The van der Waals surface area contributed by atoms with Gasteiger partial charge >= 0.3 is 0 Å². The smallest absolute Gasteiger partial charge is 0.240 e. The van der Waals surface area contributed by atoms with Gasteiger partial charge in [-0.05, 0) is 25.0 Å². The summed E-state index contributed by atoms with van der Waals surface area (Å²) in [6.45, 7) is 2.70. The Bertz CT molecular complexity index is 408. The molecular weight excluding hydrogens is 224 g/mol. The SMILES string of the molecule is CC(c1ccccc1Cl)N1CCC(N)C1=O. The van der Waals surface area contributed by atoms with Crippen molar-refractivity contribution in [3.05, 3.63) is 34.9 Å². The molecule has 0 saturated carbocycles. The van der Waals surface area contributed by atoms with E-state index in [1.807, 2.05) is 31.2 Å². The summed E-state index contributed by atoms with van der Waals surface area (Å²) in [5, 5.41) is 0.697. The van der Waals surface area contributed by atoms with E-state index < -0.39 is 0 Å². The van der Waals surface area contributed by atoms with Gasteiger partial charge < -0.3 is 10.6 Å². The first-order valence-electron chi connectivity index (χ1n) is 5.41. The summed E-state index contributed by atoms with van der Waals surface area (Å²) in [5.74, 6) is 0.0208. The lowest BCUT2D eigenvalue weighted by molar-refractivity contribution is -0.130. The van der Waals surface area contributed by atoms with E-state index in [9.17, 15) is 4.79 Å². The van der Waals surface area contributed by atoms with E-state index >= 15 is 0 Å². The number of benzene rings is 1. The Morgan fingerprint density at radius 1 is 1.50 bits per heavy atom. The topological polar surface area (TPSA) is 46.3 Å². The van der Waals surface area contributed by atoms with Crippen molar-refractivity contribution in [1.29, 1.82) is 0 Å². The molecule has 1 aromatic carbocycles. The highest BCUT2D eigenvalue weighted by molar-refractivity contribution is 6.31. The molecule has 1 aliphatic rings. The van der Waals surface area contributed by atoms with Crippen molar-refractivity contribution in [2.75, 3.05) is 6.54 Å². The predicted molar refractivity (Wildman–Crippen MR) is 64.2 cm³/mol. The maximum absolute atomic E-state index is 11.8. The first-order valence-corrected chi connectivity index (χ1v) is 5.79. The van der Waals surface area contributed by atoms with Crippen LogP contribution in [0.4, 0.5) is 0 Å². The molecule has 0 radical (unpaired) electrons. The molecule has 1 saturated heterocycles. The van der Waals surface area contributed by atoms with Gasteiger partial charge in [-0.1, -0.05) is 29.8 Å². The molecule has 1 aliphatic heterocycles. The van der Waals surface area contributed by atoms with Crippen molar-refractivity contribution in [2.24, 2.45) is 5.73 Å². The van der Waals surface area contributed by atoms with Crippen LogP contribution in [0.5, 0.6) is 0 Å². The number of likely N-dealkylation sites (tertiary alicyclic amines) is 1. The number of carbonyl (C=O) groups is 1. The molecule has 0 spiro atoms. The molecule has 1 fully saturated rings. The van der Waals surface area contributed by atoms with Crippen LogP contribution in [-0.4, -0.2) is 23.4 Å². The number of nitrogens with zero attached hydrogens (tertiary/aromatic N) is 1. The first-order chi connectivity index (χ1) is 7.61. The summed E-state index contributed by atoms with van der Waals surface area (Å²) in [4.78, 5) is 13.6. The van der Waals surface area contributed by atoms with Crippen molar-refractivity contribution in [2.45, 2.75) is 25.4 Å². The predicted octanol–water partition coefficient (Wildman–Crippen LogP) is 1.96. The molecule has 1 amide bonds. The van der Waals surface area contributed by atoms with Gasteiger partial charge in [0, 0.05) is 11.6 Å². The molecule has 2 unspecified atom stereocenters. The third-order valence-corrected chi connectivity index (χ3v) is 3.45. The fourth-order valence-corrected chi connectivity index (χ4v) is 2.38. The van der Waals surface area contributed by atoms with Crippen LogP contribution < -0.4 is 5.73 Å². The van der Waals surface area contributed by atoms with E-state index in [4.69, 9.17) is 17.3 Å². The van der Waals surface area contributed by atoms with Crippen molar-refractivity contribution >= 4 is 17.5 Å². The number of halogens is 1. The van der Waals surface area contributed by atoms with Gasteiger partial charge in [-0.2, -0.15) is 0 Å². The highest BCUT2D eigenvalue weighted by Crippen LogP contribution is 2.29. The molecule has 2 N–H and O–H groups in total. The van der Waals surface area contributed by atoms with E-state index in [2.05, 4.69) is 0 Å². The van der Waals surface area contributed by atoms with Crippen molar-refractivity contribution in [3.63, 3.8) is 0 Å². The minimum absolute atomic E-state index is 0.00486. The van der Waals surface area contributed by atoms with E-state index in [0.717, 1.165) is 12.0 Å². The van der Waals surface area contributed by atoms with Crippen LogP contribution >= 0.6 is 11.6 Å². The van der Waals surface area contributed by atoms with Crippen LogP contribution in [0.15, 0.2) is 24.3 Å². The molecule has 1 heterocycles. The molecule has 0 aliphatic carbocycles. The van der Waals surface area contributed by atoms with Gasteiger partial charge in [-0.3, -0.25) is 4.79 Å². The zero-order valence-corrected chi connectivity index (χ0v) is 9.95. The summed E-state index contributed by atoms with van der Waals surface area (Å²) in [6, 6.07) is 7.26. The van der Waals surface area contributed by atoms with Gasteiger partial charge in [0.25, 0.3) is 0 Å². The highest BCUT2D eigenvalue weighted by Gasteiger charge is 2.32. The largest absolute Gasteiger partial charge is 0.334 e. The quantitative estimate of drug-likeness (QED) is 0.856. The van der Waals surface area contributed by atoms with Gasteiger partial charge in [0.1, 0.15) is 0 Å². The van der Waals surface area contributed by atoms with Crippen LogP contribution in [0.2, 0.25) is 5.02 Å². The Balaban J connectivity index is 2.23. The fraction of sp³-hybridized carbons (Fsp3) is 0.417. The molecule has 16 heavy (non-hydrogen) atoms. The Kier molecular flexibility index (Phi) is 3.17. The minimum atomic E-state index is -0.343. The van der Waals surface area contributed by atoms with Crippen LogP contribution in [0, 0.1) is 0 Å². The highest BCUT2D eigenvalue weighted by atomic mass is 35.5. The first kappa shape index (κ1) is 11.4. The Hall–Kier alpha value is -1.06. The Labute approximate surface area is 100 Å². The minimum Gasteiger partial charge on any atom is -0.334 e. The zero-order chi connectivity index (χ0) is 11.7. The molecular formula is C12H15ClN2O. The monoisotopic (exact) mass is 238 g/mol. The maximum Gasteiger partial charge on any atom is 0.240 e. The lowest BCUT2D eigenvalue weighted by Gasteiger charge is -2.25. The van der Waals surface area contributed by atoms with Crippen molar-refractivity contribution in [1.82, 2.24) is 4.90 Å². The molecule has 86 valence electrons. The van der Waals surface area contributed by atoms with Crippen LogP contribution in [-0.2, 0) is 4.79 Å². The molecule has 0 aromatic heterocycles. The summed E-state index contributed by atoms with van der Waals surface area (Å²) in [7, 11) is 0. The third kappa shape index (κ3) is 1.93. The van der Waals surface area contributed by atoms with Crippen LogP contribution in [0.1, 0.15) is 24.9 Å². The van der Waals surface area contributed by atoms with Gasteiger partial charge in [0.15, 0.2) is 0 Å². The van der Waals surface area contributed by atoms with E-state index in [0.29, 0.717) is 11.6 Å². The summed E-state index contributed by atoms with van der Waals surface area (Å²) >= 11 is 6.11. The van der Waals surface area contributed by atoms with Crippen LogP contribution in [0.25, 0.3) is 0 Å². The lowest BCUT2D eigenvalue weighted by Crippen LogP contribution is -2.35. The number of hydrogen-bond acceptors (Lipinski definition) is 2. The number of hydrogen-bond donors (Lipinski definition) is 1. The molecule has 3 nitrogen and oxygen atoms in total. The van der Waals surface area contributed by atoms with Gasteiger partial charge in [0.2, 0.25) is 5.91 Å². The average Bonchev–Trinajstić information content (AvgIpc) is 2.60. The van der Waals surface area contributed by atoms with Crippen LogP contribution in [0.3, 0.4) is 0 Å². The average molecular weight is 239 g/mol. The van der Waals surface area contributed by atoms with Gasteiger partial charge in [-0.25, -0.2) is 0 Å².